The molecule has 2 aromatic rings. The first-order valence-electron chi connectivity index (χ1n) is 5.57. The van der Waals surface area contributed by atoms with E-state index in [1.54, 1.807) is 12.1 Å². The van der Waals surface area contributed by atoms with Crippen molar-refractivity contribution in [3.63, 3.8) is 0 Å². The van der Waals surface area contributed by atoms with Crippen LogP contribution in [0.4, 0.5) is 0 Å². The topological polar surface area (TPSA) is 46.3 Å². The molecule has 1 N–H and O–H groups in total. The second kappa shape index (κ2) is 5.34. The molecule has 0 aliphatic rings. The second-order valence-corrected chi connectivity index (χ2v) is 4.35. The van der Waals surface area contributed by atoms with Gasteiger partial charge in [0.2, 0.25) is 0 Å². The molecular formula is C13H14ClNO2. The normalized spacial score (nSPS) is 12.6. The molecule has 1 heterocycles. The molecule has 0 bridgehead atoms. The molecule has 1 aromatic carbocycles. The number of aliphatic hydroxyl groups is 1. The Bertz CT molecular complexity index is 478. The van der Waals surface area contributed by atoms with Gasteiger partial charge in [0.15, 0.2) is 0 Å². The molecule has 0 aliphatic carbocycles. The number of hydrogen-bond donors (Lipinski definition) is 1. The van der Waals surface area contributed by atoms with Gasteiger partial charge in [0.25, 0.3) is 0 Å². The van der Waals surface area contributed by atoms with E-state index >= 15 is 0 Å². The van der Waals surface area contributed by atoms with E-state index in [0.717, 1.165) is 17.7 Å². The molecule has 0 fully saturated rings. The van der Waals surface area contributed by atoms with Crippen molar-refractivity contribution in [2.75, 3.05) is 0 Å². The summed E-state index contributed by atoms with van der Waals surface area (Å²) < 4.78 is 5.14. The lowest BCUT2D eigenvalue weighted by Crippen LogP contribution is -2.00. The molecule has 17 heavy (non-hydrogen) atoms. The maximum Gasteiger partial charge on any atom is 0.139 e. The fourth-order valence-electron chi connectivity index (χ4n) is 1.61. The van der Waals surface area contributed by atoms with Crippen LogP contribution in [0.1, 0.15) is 30.0 Å². The summed E-state index contributed by atoms with van der Waals surface area (Å²) in [5.41, 5.74) is 1.73. The van der Waals surface area contributed by atoms with Crippen LogP contribution in [0, 0.1) is 0 Å². The predicted octanol–water partition coefficient (Wildman–Crippen LogP) is 3.17. The Labute approximate surface area is 105 Å². The summed E-state index contributed by atoms with van der Waals surface area (Å²) in [7, 11) is 0. The number of hydrogen-bond acceptors (Lipinski definition) is 3. The van der Waals surface area contributed by atoms with E-state index in [1.165, 1.54) is 0 Å². The Kier molecular flexibility index (Phi) is 3.82. The Balaban J connectivity index is 2.05. The van der Waals surface area contributed by atoms with E-state index in [0.29, 0.717) is 17.2 Å². The zero-order valence-corrected chi connectivity index (χ0v) is 10.3. The summed E-state index contributed by atoms with van der Waals surface area (Å²) in [5.74, 6) is 0.698. The van der Waals surface area contributed by atoms with Gasteiger partial charge in [-0.05, 0) is 24.1 Å². The van der Waals surface area contributed by atoms with Crippen LogP contribution >= 0.6 is 11.6 Å². The number of halogens is 1. The van der Waals surface area contributed by atoms with Crippen molar-refractivity contribution in [2.45, 2.75) is 25.9 Å². The van der Waals surface area contributed by atoms with Crippen LogP contribution in [-0.4, -0.2) is 10.3 Å². The summed E-state index contributed by atoms with van der Waals surface area (Å²) in [4.78, 5) is 0. The van der Waals surface area contributed by atoms with Crippen LogP contribution < -0.4 is 0 Å². The van der Waals surface area contributed by atoms with Crippen LogP contribution in [0.3, 0.4) is 0 Å². The molecule has 1 atom stereocenters. The van der Waals surface area contributed by atoms with Crippen LogP contribution in [0.25, 0.3) is 0 Å². The van der Waals surface area contributed by atoms with E-state index in [-0.39, 0.29) is 0 Å². The molecule has 1 unspecified atom stereocenters. The van der Waals surface area contributed by atoms with Crippen molar-refractivity contribution < 1.29 is 9.63 Å². The zero-order valence-electron chi connectivity index (χ0n) is 9.56. The van der Waals surface area contributed by atoms with E-state index in [2.05, 4.69) is 5.16 Å². The smallest absolute Gasteiger partial charge is 0.139 e. The fraction of sp³-hybridized carbons (Fsp3) is 0.308. The molecule has 0 saturated heterocycles. The average Bonchev–Trinajstić information content (AvgIpc) is 2.77. The van der Waals surface area contributed by atoms with Gasteiger partial charge in [0.05, 0.1) is 11.8 Å². The molecule has 3 nitrogen and oxygen atoms in total. The highest BCUT2D eigenvalue weighted by Crippen LogP contribution is 2.20. The number of aliphatic hydroxyl groups excluding tert-OH is 1. The highest BCUT2D eigenvalue weighted by molar-refractivity contribution is 6.30. The number of rotatable bonds is 4. The summed E-state index contributed by atoms with van der Waals surface area (Å²) in [6.45, 7) is 2.01. The number of benzene rings is 1. The Morgan fingerprint density at radius 3 is 2.65 bits per heavy atom. The SMILES string of the molecule is CCc1cc(CC(O)c2ccc(Cl)cc2)on1. The van der Waals surface area contributed by atoms with Crippen LogP contribution in [-0.2, 0) is 12.8 Å². The Hall–Kier alpha value is -1.32. The van der Waals surface area contributed by atoms with Gasteiger partial charge in [-0.3, -0.25) is 0 Å². The highest BCUT2D eigenvalue weighted by atomic mass is 35.5. The minimum absolute atomic E-state index is 0.425. The molecule has 0 saturated carbocycles. The highest BCUT2D eigenvalue weighted by Gasteiger charge is 2.12. The van der Waals surface area contributed by atoms with E-state index in [1.807, 2.05) is 25.1 Å². The lowest BCUT2D eigenvalue weighted by Gasteiger charge is -2.08. The Morgan fingerprint density at radius 2 is 2.06 bits per heavy atom. The van der Waals surface area contributed by atoms with Crippen molar-refractivity contribution in [1.29, 1.82) is 0 Å². The van der Waals surface area contributed by atoms with Gasteiger partial charge in [0, 0.05) is 17.5 Å². The summed E-state index contributed by atoms with van der Waals surface area (Å²) >= 11 is 5.79. The van der Waals surface area contributed by atoms with Gasteiger partial charge >= 0.3 is 0 Å². The van der Waals surface area contributed by atoms with Gasteiger partial charge in [-0.15, -0.1) is 0 Å². The third-order valence-corrected chi connectivity index (χ3v) is 2.87. The minimum Gasteiger partial charge on any atom is -0.388 e. The van der Waals surface area contributed by atoms with E-state index < -0.39 is 6.10 Å². The number of aromatic nitrogens is 1. The zero-order chi connectivity index (χ0) is 12.3. The number of nitrogens with zero attached hydrogens (tertiary/aromatic N) is 1. The quantitative estimate of drug-likeness (QED) is 0.908. The molecular weight excluding hydrogens is 238 g/mol. The molecule has 4 heteroatoms. The molecule has 0 radical (unpaired) electrons. The lowest BCUT2D eigenvalue weighted by molar-refractivity contribution is 0.166. The first-order chi connectivity index (χ1) is 8.19. The first kappa shape index (κ1) is 12.1. The van der Waals surface area contributed by atoms with Gasteiger partial charge in [0.1, 0.15) is 5.76 Å². The van der Waals surface area contributed by atoms with E-state index in [9.17, 15) is 5.11 Å². The van der Waals surface area contributed by atoms with Crippen molar-refractivity contribution in [3.05, 3.63) is 52.4 Å². The van der Waals surface area contributed by atoms with Crippen molar-refractivity contribution in [1.82, 2.24) is 5.16 Å². The van der Waals surface area contributed by atoms with Crippen molar-refractivity contribution in [3.8, 4) is 0 Å². The molecule has 2 rings (SSSR count). The van der Waals surface area contributed by atoms with Gasteiger partial charge in [-0.1, -0.05) is 35.8 Å². The standard InChI is InChI=1S/C13H14ClNO2/c1-2-11-7-12(17-15-11)8-13(16)9-3-5-10(14)6-4-9/h3-7,13,16H,2,8H2,1H3. The van der Waals surface area contributed by atoms with Crippen LogP contribution in [0.15, 0.2) is 34.9 Å². The van der Waals surface area contributed by atoms with Crippen LogP contribution in [0.5, 0.6) is 0 Å². The monoisotopic (exact) mass is 251 g/mol. The Morgan fingerprint density at radius 1 is 1.35 bits per heavy atom. The van der Waals surface area contributed by atoms with E-state index in [4.69, 9.17) is 16.1 Å². The molecule has 0 spiro atoms. The molecule has 0 aliphatic heterocycles. The van der Waals surface area contributed by atoms with Crippen molar-refractivity contribution in [2.24, 2.45) is 0 Å². The summed E-state index contributed by atoms with van der Waals surface area (Å²) in [6, 6.07) is 9.02. The third kappa shape index (κ3) is 3.08. The molecule has 1 aromatic heterocycles. The largest absolute Gasteiger partial charge is 0.388 e. The van der Waals surface area contributed by atoms with Gasteiger partial charge < -0.3 is 9.63 Å². The maximum atomic E-state index is 10.0. The first-order valence-corrected chi connectivity index (χ1v) is 5.95. The lowest BCUT2D eigenvalue weighted by atomic mass is 10.1. The summed E-state index contributed by atoms with van der Waals surface area (Å²) in [5, 5.41) is 14.6. The predicted molar refractivity (Wildman–Crippen MR) is 66.0 cm³/mol. The third-order valence-electron chi connectivity index (χ3n) is 2.62. The minimum atomic E-state index is -0.593. The van der Waals surface area contributed by atoms with Crippen molar-refractivity contribution >= 4 is 11.6 Å². The average molecular weight is 252 g/mol. The second-order valence-electron chi connectivity index (χ2n) is 3.91. The van der Waals surface area contributed by atoms with Crippen LogP contribution in [0.2, 0.25) is 5.02 Å². The van der Waals surface area contributed by atoms with Gasteiger partial charge in [-0.2, -0.15) is 0 Å². The number of aryl methyl sites for hydroxylation is 1. The summed E-state index contributed by atoms with van der Waals surface area (Å²) in [6.07, 6.45) is 0.666. The fourth-order valence-corrected chi connectivity index (χ4v) is 1.74. The molecule has 90 valence electrons. The van der Waals surface area contributed by atoms with Gasteiger partial charge in [-0.25, -0.2) is 0 Å². The molecule has 0 amide bonds. The maximum absolute atomic E-state index is 10.0.